The Kier molecular flexibility index (Phi) is 8.82. The lowest BCUT2D eigenvalue weighted by Gasteiger charge is -2.18. The van der Waals surface area contributed by atoms with Crippen molar-refractivity contribution in [2.45, 2.75) is 0 Å². The summed E-state index contributed by atoms with van der Waals surface area (Å²) in [7, 11) is 0. The fourth-order valence-corrected chi connectivity index (χ4v) is 11.9. The van der Waals surface area contributed by atoms with Gasteiger partial charge in [0.25, 0.3) is 0 Å². The van der Waals surface area contributed by atoms with Crippen molar-refractivity contribution in [1.29, 1.82) is 0 Å². The minimum atomic E-state index is 1.22. The summed E-state index contributed by atoms with van der Waals surface area (Å²) < 4.78 is 2.61. The molecule has 0 spiro atoms. The van der Waals surface area contributed by atoms with Gasteiger partial charge in [-0.25, -0.2) is 0 Å². The van der Waals surface area contributed by atoms with Gasteiger partial charge in [0.15, 0.2) is 0 Å². The van der Waals surface area contributed by atoms with Crippen LogP contribution in [0.5, 0.6) is 0 Å². The zero-order valence-corrected chi connectivity index (χ0v) is 36.3. The van der Waals surface area contributed by atoms with Crippen molar-refractivity contribution < 1.29 is 0 Å². The second-order valence-electron chi connectivity index (χ2n) is 17.1. The van der Waals surface area contributed by atoms with Gasteiger partial charge in [0.1, 0.15) is 0 Å². The Morgan fingerprint density at radius 1 is 0.200 bits per heavy atom. The monoisotopic (exact) mass is 840 g/mol. The summed E-state index contributed by atoms with van der Waals surface area (Å²) >= 11 is 1.92. The molecular weight excluding hydrogens is 801 g/mol. The van der Waals surface area contributed by atoms with Crippen LogP contribution in [0.25, 0.3) is 130 Å². The SMILES string of the molecule is c1ccc(-c2cccc(-c3c4ccccc4c(-c4ccc5c(c4)sc4c(-c6c7ccccc7c(-c7cccc(-c8ccccc8)c7)c7ccccc67)cccc45)c4ccccc34)c2)cc1. The molecule has 0 amide bonds. The van der Waals surface area contributed by atoms with Gasteiger partial charge in [-0.1, -0.05) is 224 Å². The highest BCUT2D eigenvalue weighted by Crippen LogP contribution is 2.50. The van der Waals surface area contributed by atoms with E-state index < -0.39 is 0 Å². The molecular formula is C64H40S. The molecule has 0 radical (unpaired) electrons. The van der Waals surface area contributed by atoms with Crippen molar-refractivity contribution in [3.8, 4) is 66.8 Å². The summed E-state index contributed by atoms with van der Waals surface area (Å²) in [4.78, 5) is 0. The van der Waals surface area contributed by atoms with E-state index in [0.717, 1.165) is 0 Å². The lowest BCUT2D eigenvalue weighted by Crippen LogP contribution is -1.91. The van der Waals surface area contributed by atoms with Crippen LogP contribution in [0.1, 0.15) is 0 Å². The van der Waals surface area contributed by atoms with E-state index in [-0.39, 0.29) is 0 Å². The number of thiophene rings is 1. The van der Waals surface area contributed by atoms with Crippen molar-refractivity contribution in [3.63, 3.8) is 0 Å². The molecule has 0 saturated carbocycles. The Labute approximate surface area is 382 Å². The van der Waals surface area contributed by atoms with E-state index >= 15 is 0 Å². The van der Waals surface area contributed by atoms with E-state index in [2.05, 4.69) is 243 Å². The molecule has 0 unspecified atom stereocenters. The smallest absolute Gasteiger partial charge is 0.0434 e. The summed E-state index contributed by atoms with van der Waals surface area (Å²) in [6, 6.07) is 89.6. The van der Waals surface area contributed by atoms with Crippen LogP contribution in [0.3, 0.4) is 0 Å². The van der Waals surface area contributed by atoms with Crippen LogP contribution >= 0.6 is 11.3 Å². The Morgan fingerprint density at radius 2 is 0.538 bits per heavy atom. The third-order valence-corrected chi connectivity index (χ3v) is 14.6. The third kappa shape index (κ3) is 6.12. The van der Waals surface area contributed by atoms with Gasteiger partial charge in [-0.2, -0.15) is 0 Å². The fourth-order valence-electron chi connectivity index (χ4n) is 10.6. The zero-order chi connectivity index (χ0) is 42.8. The van der Waals surface area contributed by atoms with Gasteiger partial charge < -0.3 is 0 Å². The Hall–Kier alpha value is -8.10. The molecule has 0 aliphatic rings. The van der Waals surface area contributed by atoms with Crippen LogP contribution in [0.4, 0.5) is 0 Å². The third-order valence-electron chi connectivity index (χ3n) is 13.4. The second-order valence-corrected chi connectivity index (χ2v) is 18.1. The number of fused-ring (bicyclic) bond motifs is 7. The van der Waals surface area contributed by atoms with Gasteiger partial charge in [-0.05, 0) is 122 Å². The van der Waals surface area contributed by atoms with Crippen molar-refractivity contribution in [3.05, 3.63) is 243 Å². The Morgan fingerprint density at radius 3 is 0.985 bits per heavy atom. The zero-order valence-electron chi connectivity index (χ0n) is 35.5. The Bertz CT molecular complexity index is 3870. The molecule has 302 valence electrons. The van der Waals surface area contributed by atoms with Crippen molar-refractivity contribution in [2.24, 2.45) is 0 Å². The lowest BCUT2D eigenvalue weighted by molar-refractivity contribution is 1.61. The molecule has 0 aliphatic heterocycles. The molecule has 0 saturated heterocycles. The van der Waals surface area contributed by atoms with E-state index in [4.69, 9.17) is 0 Å². The van der Waals surface area contributed by atoms with Gasteiger partial charge in [0, 0.05) is 25.7 Å². The lowest BCUT2D eigenvalue weighted by atomic mass is 9.85. The highest BCUT2D eigenvalue weighted by molar-refractivity contribution is 7.26. The van der Waals surface area contributed by atoms with Crippen LogP contribution in [0.15, 0.2) is 243 Å². The molecule has 1 heterocycles. The summed E-state index contributed by atoms with van der Waals surface area (Å²) in [5.41, 5.74) is 15.0. The molecule has 65 heavy (non-hydrogen) atoms. The van der Waals surface area contributed by atoms with Gasteiger partial charge >= 0.3 is 0 Å². The van der Waals surface area contributed by atoms with Crippen molar-refractivity contribution in [1.82, 2.24) is 0 Å². The maximum atomic E-state index is 2.45. The van der Waals surface area contributed by atoms with Crippen LogP contribution in [0.2, 0.25) is 0 Å². The molecule has 12 aromatic carbocycles. The van der Waals surface area contributed by atoms with E-state index in [1.165, 1.54) is 130 Å². The van der Waals surface area contributed by atoms with E-state index in [9.17, 15) is 0 Å². The van der Waals surface area contributed by atoms with Gasteiger partial charge in [-0.15, -0.1) is 11.3 Å². The summed E-state index contributed by atoms with van der Waals surface area (Å²) in [6.07, 6.45) is 0. The van der Waals surface area contributed by atoms with Crippen molar-refractivity contribution >= 4 is 74.6 Å². The first-order chi connectivity index (χ1) is 32.3. The molecule has 0 aliphatic carbocycles. The van der Waals surface area contributed by atoms with Gasteiger partial charge in [0.05, 0.1) is 0 Å². The van der Waals surface area contributed by atoms with Gasteiger partial charge in [0.2, 0.25) is 0 Å². The normalized spacial score (nSPS) is 11.7. The topological polar surface area (TPSA) is 0 Å². The molecule has 0 N–H and O–H groups in total. The Balaban J connectivity index is 1.00. The maximum absolute atomic E-state index is 2.45. The predicted octanol–water partition coefficient (Wildman–Crippen LogP) is 18.7. The van der Waals surface area contributed by atoms with Crippen LogP contribution < -0.4 is 0 Å². The first-order valence-electron chi connectivity index (χ1n) is 22.4. The summed E-state index contributed by atoms with van der Waals surface area (Å²) in [5, 5.41) is 12.7. The molecule has 13 rings (SSSR count). The van der Waals surface area contributed by atoms with Crippen LogP contribution in [-0.4, -0.2) is 0 Å². The highest BCUT2D eigenvalue weighted by Gasteiger charge is 2.21. The van der Waals surface area contributed by atoms with Crippen molar-refractivity contribution in [2.75, 3.05) is 0 Å². The average Bonchev–Trinajstić information content (AvgIpc) is 3.76. The number of hydrogen-bond donors (Lipinski definition) is 0. The molecule has 1 aromatic heterocycles. The summed E-state index contributed by atoms with van der Waals surface area (Å²) in [5.74, 6) is 0. The first kappa shape index (κ1) is 37.5. The molecule has 0 bridgehead atoms. The van der Waals surface area contributed by atoms with E-state index in [1.807, 2.05) is 11.3 Å². The molecule has 13 aromatic rings. The maximum Gasteiger partial charge on any atom is 0.0434 e. The minimum Gasteiger partial charge on any atom is -0.135 e. The standard InChI is InChI=1S/C64H40S/c1-3-18-41(19-4-1)43-22-15-24-45(38-43)60-49-26-7-9-28-51(49)62(52-29-10-8-27-50(52)60)47-36-37-48-57-34-17-35-58(64(57)65-59(48)40-47)63-55-32-13-11-30-53(55)61(54-31-12-14-33-56(54)63)46-25-16-23-44(39-46)42-20-5-2-6-21-42/h1-40H. The number of benzene rings is 12. The highest BCUT2D eigenvalue weighted by atomic mass is 32.1. The largest absolute Gasteiger partial charge is 0.135 e. The molecule has 0 fully saturated rings. The van der Waals surface area contributed by atoms with Crippen LogP contribution in [0, 0.1) is 0 Å². The molecule has 0 atom stereocenters. The molecule has 0 nitrogen and oxygen atoms in total. The summed E-state index contributed by atoms with van der Waals surface area (Å²) in [6.45, 7) is 0. The number of hydrogen-bond acceptors (Lipinski definition) is 1. The average molecular weight is 841 g/mol. The van der Waals surface area contributed by atoms with Gasteiger partial charge in [-0.3, -0.25) is 0 Å². The second kappa shape index (κ2) is 15.3. The van der Waals surface area contributed by atoms with E-state index in [0.29, 0.717) is 0 Å². The number of rotatable bonds is 6. The minimum absolute atomic E-state index is 1.22. The first-order valence-corrected chi connectivity index (χ1v) is 23.2. The molecule has 1 heteroatoms. The predicted molar refractivity (Wildman–Crippen MR) is 282 cm³/mol. The van der Waals surface area contributed by atoms with E-state index in [1.54, 1.807) is 0 Å². The fraction of sp³-hybridized carbons (Fsp3) is 0. The van der Waals surface area contributed by atoms with Crippen LogP contribution in [-0.2, 0) is 0 Å². The quantitative estimate of drug-likeness (QED) is 0.146.